The van der Waals surface area contributed by atoms with Crippen LogP contribution in [-0.4, -0.2) is 36.0 Å². The smallest absolute Gasteiger partial charge is 0.347 e. The average molecular weight is 385 g/mol. The number of nitrogens with zero attached hydrogens (tertiary/aromatic N) is 2. The third-order valence-electron chi connectivity index (χ3n) is 2.33. The number of carbonyl (C=O) groups is 1. The number of esters is 1. The Morgan fingerprint density at radius 3 is 2.52 bits per heavy atom. The van der Waals surface area contributed by atoms with Crippen molar-refractivity contribution in [1.82, 2.24) is 4.98 Å². The lowest BCUT2D eigenvalue weighted by atomic mass is 10.4. The minimum Gasteiger partial charge on any atom is -0.461 e. The van der Waals surface area contributed by atoms with Crippen LogP contribution >= 0.6 is 34.8 Å². The Balaban J connectivity index is 2.57. The topological polar surface area (TPSA) is 96.0 Å². The maximum Gasteiger partial charge on any atom is 0.347 e. The van der Waals surface area contributed by atoms with Crippen LogP contribution in [0.25, 0.3) is 0 Å². The van der Waals surface area contributed by atoms with Gasteiger partial charge in [-0.15, -0.1) is 0 Å². The summed E-state index contributed by atoms with van der Waals surface area (Å²) < 4.78 is 10.3. The van der Waals surface area contributed by atoms with E-state index in [1.54, 1.807) is 13.8 Å². The number of pyridine rings is 1. The fourth-order valence-electron chi connectivity index (χ4n) is 1.28. The van der Waals surface area contributed by atoms with Gasteiger partial charge in [-0.1, -0.05) is 40.0 Å². The largest absolute Gasteiger partial charge is 0.461 e. The van der Waals surface area contributed by atoms with Crippen LogP contribution in [0.2, 0.25) is 15.2 Å². The Morgan fingerprint density at radius 1 is 1.26 bits per heavy atom. The Kier molecular flexibility index (Phi) is 7.67. The molecule has 1 atom stereocenters. The Bertz CT molecular complexity index is 607. The first-order chi connectivity index (χ1) is 10.7. The average Bonchev–Trinajstić information content (AvgIpc) is 2.49. The summed E-state index contributed by atoms with van der Waals surface area (Å²) in [7, 11) is 0. The molecule has 0 radical (unpaired) electrons. The van der Waals surface area contributed by atoms with E-state index in [1.807, 2.05) is 0 Å². The van der Waals surface area contributed by atoms with Gasteiger partial charge in [0, 0.05) is 0 Å². The molecule has 2 N–H and O–H groups in total. The number of aromatic nitrogens is 1. The van der Waals surface area contributed by atoms with Gasteiger partial charge in [-0.3, -0.25) is 0 Å². The summed E-state index contributed by atoms with van der Waals surface area (Å²) >= 11 is 17.5. The van der Waals surface area contributed by atoms with Crippen molar-refractivity contribution < 1.29 is 19.1 Å². The van der Waals surface area contributed by atoms with Crippen LogP contribution < -0.4 is 10.5 Å². The zero-order valence-corrected chi connectivity index (χ0v) is 15.0. The number of halogens is 3. The molecule has 10 heteroatoms. The highest BCUT2D eigenvalue weighted by atomic mass is 35.5. The number of oxime groups is 1. The second-order valence-electron chi connectivity index (χ2n) is 4.55. The minimum absolute atomic E-state index is 0.0168. The van der Waals surface area contributed by atoms with E-state index in [9.17, 15) is 4.79 Å². The fraction of sp³-hybridized carbons (Fsp3) is 0.462. The monoisotopic (exact) mass is 383 g/mol. The van der Waals surface area contributed by atoms with Gasteiger partial charge in [0.1, 0.15) is 16.7 Å². The molecule has 1 aromatic heterocycles. The number of hydrogen-bond acceptors (Lipinski definition) is 7. The molecule has 0 aliphatic rings. The van der Waals surface area contributed by atoms with Gasteiger partial charge in [0.25, 0.3) is 0 Å². The lowest BCUT2D eigenvalue weighted by Crippen LogP contribution is -2.27. The van der Waals surface area contributed by atoms with E-state index in [4.69, 9.17) is 54.8 Å². The molecule has 23 heavy (non-hydrogen) atoms. The Labute approximate surface area is 148 Å². The van der Waals surface area contributed by atoms with Gasteiger partial charge in [0.15, 0.2) is 17.9 Å². The minimum atomic E-state index is -0.979. The predicted molar refractivity (Wildman–Crippen MR) is 89.5 cm³/mol. The van der Waals surface area contributed by atoms with Crippen molar-refractivity contribution in [2.45, 2.75) is 26.9 Å². The number of nitrogen functional groups attached to an aromatic ring is 1. The molecule has 1 unspecified atom stereocenters. The van der Waals surface area contributed by atoms with Gasteiger partial charge in [0.05, 0.1) is 11.4 Å². The lowest BCUT2D eigenvalue weighted by Gasteiger charge is -2.15. The Hall–Kier alpha value is -1.44. The first kappa shape index (κ1) is 19.6. The molecule has 0 aromatic carbocycles. The van der Waals surface area contributed by atoms with E-state index in [2.05, 4.69) is 10.1 Å². The van der Waals surface area contributed by atoms with Crippen LogP contribution in [0.3, 0.4) is 0 Å². The molecule has 1 heterocycles. The van der Waals surface area contributed by atoms with Crippen molar-refractivity contribution in [2.24, 2.45) is 5.16 Å². The molecule has 1 aromatic rings. The van der Waals surface area contributed by atoms with Crippen molar-refractivity contribution in [3.05, 3.63) is 15.2 Å². The molecule has 0 saturated carbocycles. The molecule has 0 amide bonds. The maximum absolute atomic E-state index is 11.8. The van der Waals surface area contributed by atoms with Crippen LogP contribution in [-0.2, 0) is 14.4 Å². The molecular weight excluding hydrogens is 369 g/mol. The summed E-state index contributed by atoms with van der Waals surface area (Å²) in [4.78, 5) is 20.5. The van der Waals surface area contributed by atoms with E-state index in [0.717, 1.165) is 5.71 Å². The van der Waals surface area contributed by atoms with Crippen LogP contribution in [0.4, 0.5) is 5.69 Å². The summed E-state index contributed by atoms with van der Waals surface area (Å²) in [6.45, 7) is 5.17. The summed E-state index contributed by atoms with van der Waals surface area (Å²) in [5.41, 5.74) is 6.43. The van der Waals surface area contributed by atoms with Gasteiger partial charge in [-0.2, -0.15) is 4.98 Å². The highest BCUT2D eigenvalue weighted by Crippen LogP contribution is 2.38. The van der Waals surface area contributed by atoms with Crippen LogP contribution in [0.1, 0.15) is 20.8 Å². The maximum atomic E-state index is 11.8. The summed E-state index contributed by atoms with van der Waals surface area (Å²) in [5.74, 6) is -0.737. The van der Waals surface area contributed by atoms with Crippen molar-refractivity contribution in [1.29, 1.82) is 0 Å². The highest BCUT2D eigenvalue weighted by Gasteiger charge is 2.21. The lowest BCUT2D eigenvalue weighted by molar-refractivity contribution is -0.152. The normalized spacial score (nSPS) is 11.6. The second-order valence-corrected chi connectivity index (χ2v) is 5.66. The van der Waals surface area contributed by atoms with Gasteiger partial charge >= 0.3 is 5.97 Å². The third-order valence-corrected chi connectivity index (χ3v) is 3.45. The molecular formula is C13H16Cl3N3O4. The van der Waals surface area contributed by atoms with Gasteiger partial charge < -0.3 is 20.0 Å². The van der Waals surface area contributed by atoms with Gasteiger partial charge in [-0.05, 0) is 20.8 Å². The Morgan fingerprint density at radius 2 is 1.91 bits per heavy atom. The van der Waals surface area contributed by atoms with E-state index in [-0.39, 0.29) is 40.0 Å². The number of hydrogen-bond donors (Lipinski definition) is 1. The van der Waals surface area contributed by atoms with E-state index >= 15 is 0 Å². The first-order valence-electron chi connectivity index (χ1n) is 6.50. The summed E-state index contributed by atoms with van der Waals surface area (Å²) in [6, 6.07) is 0. The fourth-order valence-corrected chi connectivity index (χ4v) is 1.82. The highest BCUT2D eigenvalue weighted by molar-refractivity contribution is 6.45. The van der Waals surface area contributed by atoms with Crippen molar-refractivity contribution in [3.8, 4) is 5.88 Å². The molecule has 0 saturated heterocycles. The van der Waals surface area contributed by atoms with E-state index in [0.29, 0.717) is 0 Å². The molecule has 128 valence electrons. The van der Waals surface area contributed by atoms with Crippen molar-refractivity contribution in [3.63, 3.8) is 0 Å². The molecule has 0 aliphatic heterocycles. The third kappa shape index (κ3) is 5.93. The number of ether oxygens (including phenoxy) is 2. The predicted octanol–water partition coefficient (Wildman–Crippen LogP) is 3.35. The number of nitrogens with two attached hydrogens (primary N) is 1. The molecule has 0 aliphatic carbocycles. The number of rotatable bonds is 7. The molecule has 0 spiro atoms. The van der Waals surface area contributed by atoms with E-state index in [1.165, 1.54) is 6.92 Å². The standard InChI is InChI=1S/C13H16Cl3N3O4/c1-6(2)19-22-5-4-21-13(20)7(3)23-12-9(15)10(17)8(14)11(16)18-12/h7H,4-5H2,1-3H3,(H2,17,18). The van der Waals surface area contributed by atoms with Gasteiger partial charge in [-0.25, -0.2) is 4.79 Å². The SMILES string of the molecule is CC(C)=NOCCOC(=O)C(C)Oc1nc(Cl)c(Cl)c(N)c1Cl. The van der Waals surface area contributed by atoms with Gasteiger partial charge in [0.2, 0.25) is 5.88 Å². The van der Waals surface area contributed by atoms with Crippen molar-refractivity contribution in [2.75, 3.05) is 18.9 Å². The van der Waals surface area contributed by atoms with Crippen LogP contribution in [0.5, 0.6) is 5.88 Å². The first-order valence-corrected chi connectivity index (χ1v) is 7.63. The molecule has 1 rings (SSSR count). The summed E-state index contributed by atoms with van der Waals surface area (Å²) in [6.07, 6.45) is -0.979. The molecule has 0 bridgehead atoms. The quantitative estimate of drug-likeness (QED) is 0.255. The zero-order chi connectivity index (χ0) is 17.6. The number of anilines is 1. The summed E-state index contributed by atoms with van der Waals surface area (Å²) in [5, 5.41) is 3.61. The second kappa shape index (κ2) is 9.00. The van der Waals surface area contributed by atoms with Crippen LogP contribution in [0, 0.1) is 0 Å². The van der Waals surface area contributed by atoms with E-state index < -0.39 is 12.1 Å². The number of carbonyl (C=O) groups excluding carboxylic acids is 1. The van der Waals surface area contributed by atoms with Crippen molar-refractivity contribution >= 4 is 52.2 Å². The zero-order valence-electron chi connectivity index (χ0n) is 12.7. The molecule has 0 fully saturated rings. The van der Waals surface area contributed by atoms with Crippen LogP contribution in [0.15, 0.2) is 5.16 Å². The molecule has 7 nitrogen and oxygen atoms in total.